The molecule has 0 radical (unpaired) electrons. The average Bonchev–Trinajstić information content (AvgIpc) is 2.34. The van der Waals surface area contributed by atoms with Gasteiger partial charge in [0.1, 0.15) is 5.82 Å². The number of rotatable bonds is 5. The van der Waals surface area contributed by atoms with Crippen molar-refractivity contribution in [3.8, 4) is 0 Å². The van der Waals surface area contributed by atoms with Gasteiger partial charge in [0.15, 0.2) is 0 Å². The maximum atomic E-state index is 13.9. The van der Waals surface area contributed by atoms with Gasteiger partial charge >= 0.3 is 0 Å². The molecule has 1 heteroatoms. The highest BCUT2D eigenvalue weighted by Gasteiger charge is 2.12. The Balaban J connectivity index is 3.03. The van der Waals surface area contributed by atoms with Crippen LogP contribution in [0.2, 0.25) is 0 Å². The topological polar surface area (TPSA) is 0 Å². The van der Waals surface area contributed by atoms with Gasteiger partial charge in [0.25, 0.3) is 0 Å². The molecular weight excluding hydrogens is 235 g/mol. The fraction of sp³-hybridized carbons (Fsp3) is 0.222. The molecule has 0 nitrogen and oxygen atoms in total. The van der Waals surface area contributed by atoms with Crippen molar-refractivity contribution in [1.29, 1.82) is 0 Å². The van der Waals surface area contributed by atoms with Crippen LogP contribution in [-0.2, 0) is 0 Å². The van der Waals surface area contributed by atoms with Gasteiger partial charge in [0.2, 0.25) is 0 Å². The van der Waals surface area contributed by atoms with Gasteiger partial charge in [0, 0.05) is 5.56 Å². The first-order valence-corrected chi connectivity index (χ1v) is 6.32. The second kappa shape index (κ2) is 6.33. The molecule has 0 spiro atoms. The highest BCUT2D eigenvalue weighted by Crippen LogP contribution is 2.30. The molecule has 1 aromatic carbocycles. The molecular formula is C18H21F. The summed E-state index contributed by atoms with van der Waals surface area (Å²) in [5.74, 6) is -0.221. The summed E-state index contributed by atoms with van der Waals surface area (Å²) in [6.45, 7) is 17.7. The quantitative estimate of drug-likeness (QED) is 0.600. The van der Waals surface area contributed by atoms with Crippen LogP contribution in [-0.4, -0.2) is 0 Å². The summed E-state index contributed by atoms with van der Waals surface area (Å²) in [4.78, 5) is 0. The minimum atomic E-state index is -0.221. The van der Waals surface area contributed by atoms with Crippen LogP contribution in [0.15, 0.2) is 60.7 Å². The molecule has 100 valence electrons. The number of allylic oxidation sites excluding steroid dienone is 5. The van der Waals surface area contributed by atoms with E-state index in [1.807, 2.05) is 32.9 Å². The molecule has 0 aliphatic heterocycles. The van der Waals surface area contributed by atoms with Crippen molar-refractivity contribution in [2.75, 3.05) is 0 Å². The van der Waals surface area contributed by atoms with Gasteiger partial charge in [-0.2, -0.15) is 0 Å². The molecule has 0 bridgehead atoms. The van der Waals surface area contributed by atoms with E-state index in [4.69, 9.17) is 0 Å². The van der Waals surface area contributed by atoms with Gasteiger partial charge in [-0.05, 0) is 55.5 Å². The second-order valence-corrected chi connectivity index (χ2v) is 4.78. The zero-order valence-corrected chi connectivity index (χ0v) is 12.0. The van der Waals surface area contributed by atoms with E-state index in [2.05, 4.69) is 19.7 Å². The largest absolute Gasteiger partial charge is 0.206 e. The molecule has 0 atom stereocenters. The van der Waals surface area contributed by atoms with Crippen molar-refractivity contribution in [2.24, 2.45) is 0 Å². The Bertz CT molecular complexity index is 539. The molecule has 0 amide bonds. The molecule has 0 fully saturated rings. The summed E-state index contributed by atoms with van der Waals surface area (Å²) in [5.41, 5.74) is 5.15. The maximum Gasteiger partial charge on any atom is 0.130 e. The molecule has 0 saturated carbocycles. The highest BCUT2D eigenvalue weighted by atomic mass is 19.1. The van der Waals surface area contributed by atoms with Crippen molar-refractivity contribution in [3.05, 3.63) is 77.7 Å². The first-order valence-electron chi connectivity index (χ1n) is 6.32. The molecule has 0 unspecified atom stereocenters. The van der Waals surface area contributed by atoms with Crippen LogP contribution in [0.1, 0.15) is 31.4 Å². The van der Waals surface area contributed by atoms with Crippen LogP contribution in [0, 0.1) is 12.7 Å². The fourth-order valence-electron chi connectivity index (χ4n) is 2.06. The van der Waals surface area contributed by atoms with Crippen molar-refractivity contribution in [3.63, 3.8) is 0 Å². The van der Waals surface area contributed by atoms with Crippen molar-refractivity contribution in [1.82, 2.24) is 0 Å². The minimum Gasteiger partial charge on any atom is -0.206 e. The van der Waals surface area contributed by atoms with Crippen LogP contribution in [0.25, 0.3) is 5.57 Å². The van der Waals surface area contributed by atoms with Gasteiger partial charge in [-0.1, -0.05) is 43.5 Å². The highest BCUT2D eigenvalue weighted by molar-refractivity contribution is 5.70. The number of halogens is 1. The fourth-order valence-corrected chi connectivity index (χ4v) is 2.06. The number of hydrogen-bond acceptors (Lipinski definition) is 0. The summed E-state index contributed by atoms with van der Waals surface area (Å²) in [6.07, 6.45) is 2.57. The summed E-state index contributed by atoms with van der Waals surface area (Å²) in [7, 11) is 0. The molecule has 0 heterocycles. The van der Waals surface area contributed by atoms with Crippen LogP contribution in [0.3, 0.4) is 0 Å². The van der Waals surface area contributed by atoms with Crippen molar-refractivity contribution >= 4 is 5.57 Å². The van der Waals surface area contributed by atoms with Gasteiger partial charge in [-0.3, -0.25) is 0 Å². The van der Waals surface area contributed by atoms with Gasteiger partial charge in [0.05, 0.1) is 0 Å². The number of hydrogen-bond donors (Lipinski definition) is 0. The average molecular weight is 256 g/mol. The van der Waals surface area contributed by atoms with Gasteiger partial charge < -0.3 is 0 Å². The predicted molar refractivity (Wildman–Crippen MR) is 82.5 cm³/mol. The molecule has 0 saturated heterocycles. The van der Waals surface area contributed by atoms with Crippen molar-refractivity contribution in [2.45, 2.75) is 27.2 Å². The van der Waals surface area contributed by atoms with Crippen LogP contribution in [0.4, 0.5) is 4.39 Å². The Labute approximate surface area is 115 Å². The standard InChI is InChI=1S/C18H21F/c1-7-16(15(6)12(2)3)11-14(5)18-13(4)9-8-10-17(18)19/h7-10H,2,5-6,11H2,1,3-4H3/b16-7-. The first kappa shape index (κ1) is 15.2. The molecule has 1 rings (SSSR count). The third-order valence-corrected chi connectivity index (χ3v) is 3.23. The zero-order chi connectivity index (χ0) is 14.6. The maximum absolute atomic E-state index is 13.9. The summed E-state index contributed by atoms with van der Waals surface area (Å²) < 4.78 is 13.9. The smallest absolute Gasteiger partial charge is 0.130 e. The van der Waals surface area contributed by atoms with E-state index in [1.54, 1.807) is 6.07 Å². The lowest BCUT2D eigenvalue weighted by Gasteiger charge is -2.15. The number of benzene rings is 1. The van der Waals surface area contributed by atoms with E-state index < -0.39 is 0 Å². The lowest BCUT2D eigenvalue weighted by Crippen LogP contribution is -1.97. The Morgan fingerprint density at radius 1 is 1.26 bits per heavy atom. The summed E-state index contributed by atoms with van der Waals surface area (Å²) in [6, 6.07) is 5.08. The minimum absolute atomic E-state index is 0.221. The van der Waals surface area contributed by atoms with Crippen molar-refractivity contribution < 1.29 is 4.39 Å². The Morgan fingerprint density at radius 3 is 2.37 bits per heavy atom. The molecule has 0 aliphatic rings. The summed E-state index contributed by atoms with van der Waals surface area (Å²) >= 11 is 0. The van der Waals surface area contributed by atoms with E-state index in [-0.39, 0.29) is 5.82 Å². The zero-order valence-electron chi connectivity index (χ0n) is 12.0. The predicted octanol–water partition coefficient (Wildman–Crippen LogP) is 5.62. The number of aryl methyl sites for hydroxylation is 1. The monoisotopic (exact) mass is 256 g/mol. The normalized spacial score (nSPS) is 11.3. The van der Waals surface area contributed by atoms with Gasteiger partial charge in [-0.15, -0.1) is 0 Å². The van der Waals surface area contributed by atoms with Crippen LogP contribution in [0.5, 0.6) is 0 Å². The van der Waals surface area contributed by atoms with E-state index >= 15 is 0 Å². The second-order valence-electron chi connectivity index (χ2n) is 4.78. The third kappa shape index (κ3) is 3.54. The molecule has 0 aliphatic carbocycles. The Hall–Kier alpha value is -1.89. The van der Waals surface area contributed by atoms with E-state index in [0.717, 1.165) is 27.9 Å². The summed E-state index contributed by atoms with van der Waals surface area (Å²) in [5, 5.41) is 0. The van der Waals surface area contributed by atoms with E-state index in [9.17, 15) is 4.39 Å². The van der Waals surface area contributed by atoms with Gasteiger partial charge in [-0.25, -0.2) is 4.39 Å². The van der Waals surface area contributed by atoms with E-state index in [0.29, 0.717) is 12.0 Å². The molecule has 0 N–H and O–H groups in total. The van der Waals surface area contributed by atoms with E-state index in [1.165, 1.54) is 6.07 Å². The Morgan fingerprint density at radius 2 is 1.89 bits per heavy atom. The lowest BCUT2D eigenvalue weighted by molar-refractivity contribution is 0.622. The van der Waals surface area contributed by atoms with Crippen LogP contribution < -0.4 is 0 Å². The third-order valence-electron chi connectivity index (χ3n) is 3.23. The molecule has 0 aromatic heterocycles. The Kier molecular flexibility index (Phi) is 5.05. The lowest BCUT2D eigenvalue weighted by atomic mass is 9.91. The SMILES string of the molecule is C=C(C)C(=C)/C(=C\C)CC(=C)c1c(C)cccc1F. The molecule has 1 aromatic rings. The van der Waals surface area contributed by atoms with Crippen LogP contribution >= 0.6 is 0 Å². The first-order chi connectivity index (χ1) is 8.88. The molecule has 19 heavy (non-hydrogen) atoms.